The van der Waals surface area contributed by atoms with Crippen LogP contribution in [-0.4, -0.2) is 30.6 Å². The lowest BCUT2D eigenvalue weighted by Gasteiger charge is -2.11. The van der Waals surface area contributed by atoms with Crippen molar-refractivity contribution in [1.82, 2.24) is 10.3 Å². The SMILES string of the molecule is COc1ccccc1CNC(=O)COC(=O)c1cc(-c2ccc(Cl)s2)nc2ccccc12. The Morgan fingerprint density at radius 2 is 1.84 bits per heavy atom. The highest BCUT2D eigenvalue weighted by Gasteiger charge is 2.17. The molecule has 2 aromatic heterocycles. The molecule has 0 bridgehead atoms. The predicted molar refractivity (Wildman–Crippen MR) is 125 cm³/mol. The molecule has 0 saturated heterocycles. The summed E-state index contributed by atoms with van der Waals surface area (Å²) in [4.78, 5) is 30.6. The van der Waals surface area contributed by atoms with E-state index in [1.807, 2.05) is 48.5 Å². The number of nitrogens with zero attached hydrogens (tertiary/aromatic N) is 1. The molecule has 0 unspecified atom stereocenters. The van der Waals surface area contributed by atoms with Crippen molar-refractivity contribution in [2.45, 2.75) is 6.54 Å². The lowest BCUT2D eigenvalue weighted by molar-refractivity contribution is -0.124. The lowest BCUT2D eigenvalue weighted by atomic mass is 10.1. The summed E-state index contributed by atoms with van der Waals surface area (Å²) >= 11 is 7.43. The van der Waals surface area contributed by atoms with Crippen LogP contribution in [0.25, 0.3) is 21.5 Å². The fourth-order valence-electron chi connectivity index (χ4n) is 3.23. The molecule has 0 atom stereocenters. The van der Waals surface area contributed by atoms with Crippen molar-refractivity contribution in [1.29, 1.82) is 0 Å². The van der Waals surface area contributed by atoms with E-state index in [0.717, 1.165) is 10.4 Å². The van der Waals surface area contributed by atoms with Crippen molar-refractivity contribution in [3.63, 3.8) is 0 Å². The third kappa shape index (κ3) is 4.90. The van der Waals surface area contributed by atoms with Crippen molar-refractivity contribution in [2.24, 2.45) is 0 Å². The van der Waals surface area contributed by atoms with Gasteiger partial charge in [-0.25, -0.2) is 9.78 Å². The van der Waals surface area contributed by atoms with Crippen molar-refractivity contribution in [3.05, 3.63) is 82.2 Å². The first-order valence-corrected chi connectivity index (χ1v) is 11.0. The van der Waals surface area contributed by atoms with Crippen LogP contribution in [0.1, 0.15) is 15.9 Å². The second kappa shape index (κ2) is 9.80. The van der Waals surface area contributed by atoms with Gasteiger partial charge >= 0.3 is 5.97 Å². The van der Waals surface area contributed by atoms with Crippen LogP contribution in [0.5, 0.6) is 5.75 Å². The van der Waals surface area contributed by atoms with Crippen molar-refractivity contribution in [2.75, 3.05) is 13.7 Å². The van der Waals surface area contributed by atoms with E-state index in [-0.39, 0.29) is 6.54 Å². The molecule has 4 rings (SSSR count). The molecule has 2 heterocycles. The molecular weight excluding hydrogens is 448 g/mol. The summed E-state index contributed by atoms with van der Waals surface area (Å²) in [6.45, 7) is -0.132. The van der Waals surface area contributed by atoms with Crippen LogP contribution in [0.4, 0.5) is 0 Å². The van der Waals surface area contributed by atoms with E-state index in [4.69, 9.17) is 21.1 Å². The number of fused-ring (bicyclic) bond motifs is 1. The van der Waals surface area contributed by atoms with E-state index in [1.165, 1.54) is 11.3 Å². The molecule has 0 aliphatic rings. The van der Waals surface area contributed by atoms with Gasteiger partial charge in [0.05, 0.1) is 33.1 Å². The zero-order chi connectivity index (χ0) is 22.5. The zero-order valence-corrected chi connectivity index (χ0v) is 18.7. The monoisotopic (exact) mass is 466 g/mol. The summed E-state index contributed by atoms with van der Waals surface area (Å²) in [5.41, 5.74) is 2.44. The van der Waals surface area contributed by atoms with Crippen LogP contribution in [0.15, 0.2) is 66.7 Å². The standard InChI is InChI=1S/C24H19ClN2O4S/c1-30-20-9-5-2-6-15(20)13-26-23(28)14-31-24(29)17-12-19(21-10-11-22(25)32-21)27-18-8-4-3-7-16(17)18/h2-12H,13-14H2,1H3,(H,26,28). The maximum atomic E-state index is 12.9. The summed E-state index contributed by atoms with van der Waals surface area (Å²) in [7, 11) is 1.57. The minimum absolute atomic E-state index is 0.266. The molecular formula is C24H19ClN2O4S. The molecule has 8 heteroatoms. The van der Waals surface area contributed by atoms with Gasteiger partial charge in [-0.1, -0.05) is 48.0 Å². The Morgan fingerprint density at radius 3 is 2.62 bits per heavy atom. The average Bonchev–Trinajstić information content (AvgIpc) is 3.26. The number of hydrogen-bond donors (Lipinski definition) is 1. The maximum Gasteiger partial charge on any atom is 0.339 e. The number of carbonyl (C=O) groups excluding carboxylic acids is 2. The second-order valence-electron chi connectivity index (χ2n) is 6.84. The summed E-state index contributed by atoms with van der Waals surface area (Å²) < 4.78 is 11.2. The molecule has 32 heavy (non-hydrogen) atoms. The number of carbonyl (C=O) groups is 2. The van der Waals surface area contributed by atoms with Gasteiger partial charge in [-0.2, -0.15) is 0 Å². The third-order valence-electron chi connectivity index (χ3n) is 4.76. The number of nitrogens with one attached hydrogen (secondary N) is 1. The number of amides is 1. The molecule has 2 aromatic carbocycles. The van der Waals surface area contributed by atoms with Crippen LogP contribution < -0.4 is 10.1 Å². The highest BCUT2D eigenvalue weighted by Crippen LogP contribution is 2.32. The number of aromatic nitrogens is 1. The van der Waals surface area contributed by atoms with Gasteiger partial charge < -0.3 is 14.8 Å². The Bertz CT molecular complexity index is 1290. The van der Waals surface area contributed by atoms with Crippen molar-refractivity contribution >= 4 is 45.7 Å². The molecule has 4 aromatic rings. The molecule has 0 aliphatic heterocycles. The molecule has 0 saturated carbocycles. The lowest BCUT2D eigenvalue weighted by Crippen LogP contribution is -2.28. The average molecular weight is 467 g/mol. The van der Waals surface area contributed by atoms with E-state index in [1.54, 1.807) is 25.3 Å². The quantitative estimate of drug-likeness (QED) is 0.383. The van der Waals surface area contributed by atoms with E-state index < -0.39 is 18.5 Å². The number of methoxy groups -OCH3 is 1. The molecule has 162 valence electrons. The fourth-order valence-corrected chi connectivity index (χ4v) is 4.23. The van der Waals surface area contributed by atoms with E-state index in [2.05, 4.69) is 10.3 Å². The van der Waals surface area contributed by atoms with Crippen LogP contribution >= 0.6 is 22.9 Å². The number of para-hydroxylation sites is 2. The largest absolute Gasteiger partial charge is 0.496 e. The van der Waals surface area contributed by atoms with Crippen LogP contribution in [0, 0.1) is 0 Å². The van der Waals surface area contributed by atoms with Gasteiger partial charge in [-0.3, -0.25) is 4.79 Å². The van der Waals surface area contributed by atoms with Gasteiger partial charge in [0, 0.05) is 17.5 Å². The van der Waals surface area contributed by atoms with Gasteiger partial charge in [0.1, 0.15) is 5.75 Å². The summed E-state index contributed by atoms with van der Waals surface area (Å²) in [6.07, 6.45) is 0. The minimum Gasteiger partial charge on any atom is -0.496 e. The molecule has 1 amide bonds. The molecule has 0 fully saturated rings. The number of esters is 1. The minimum atomic E-state index is -0.597. The third-order valence-corrected chi connectivity index (χ3v) is 6.02. The van der Waals surface area contributed by atoms with Crippen LogP contribution in [0.2, 0.25) is 4.34 Å². The fraction of sp³-hybridized carbons (Fsp3) is 0.125. The first-order chi connectivity index (χ1) is 15.5. The van der Waals surface area contributed by atoms with Crippen LogP contribution in [-0.2, 0) is 16.1 Å². The van der Waals surface area contributed by atoms with Gasteiger partial charge in [0.25, 0.3) is 5.91 Å². The maximum absolute atomic E-state index is 12.9. The van der Waals surface area contributed by atoms with Gasteiger partial charge in [0.15, 0.2) is 6.61 Å². The normalized spacial score (nSPS) is 10.7. The Kier molecular flexibility index (Phi) is 6.68. The van der Waals surface area contributed by atoms with Gasteiger partial charge in [-0.15, -0.1) is 11.3 Å². The Morgan fingerprint density at radius 1 is 1.06 bits per heavy atom. The van der Waals surface area contributed by atoms with Gasteiger partial charge in [-0.05, 0) is 30.3 Å². The highest BCUT2D eigenvalue weighted by atomic mass is 35.5. The molecule has 1 N–H and O–H groups in total. The Balaban J connectivity index is 1.48. The summed E-state index contributed by atoms with van der Waals surface area (Å²) in [5.74, 6) is -0.331. The van der Waals surface area contributed by atoms with E-state index in [0.29, 0.717) is 32.2 Å². The molecule has 6 nitrogen and oxygen atoms in total. The molecule has 0 spiro atoms. The molecule has 0 aliphatic carbocycles. The first-order valence-electron chi connectivity index (χ1n) is 9.76. The number of hydrogen-bond acceptors (Lipinski definition) is 6. The highest BCUT2D eigenvalue weighted by molar-refractivity contribution is 7.19. The first kappa shape index (κ1) is 21.8. The van der Waals surface area contributed by atoms with Crippen molar-refractivity contribution in [3.8, 4) is 16.3 Å². The number of ether oxygens (including phenoxy) is 2. The van der Waals surface area contributed by atoms with E-state index >= 15 is 0 Å². The Labute approximate surface area is 193 Å². The second-order valence-corrected chi connectivity index (χ2v) is 8.56. The van der Waals surface area contributed by atoms with Crippen LogP contribution in [0.3, 0.4) is 0 Å². The number of benzene rings is 2. The number of rotatable bonds is 7. The zero-order valence-electron chi connectivity index (χ0n) is 17.1. The Hall–Kier alpha value is -3.42. The number of halogens is 1. The predicted octanol–water partition coefficient (Wildman–Crippen LogP) is 5.10. The topological polar surface area (TPSA) is 77.5 Å². The number of pyridine rings is 1. The van der Waals surface area contributed by atoms with Gasteiger partial charge in [0.2, 0.25) is 0 Å². The summed E-state index contributed by atoms with van der Waals surface area (Å²) in [5, 5.41) is 3.39. The smallest absolute Gasteiger partial charge is 0.339 e. The summed E-state index contributed by atoms with van der Waals surface area (Å²) in [6, 6.07) is 20.0. The van der Waals surface area contributed by atoms with E-state index in [9.17, 15) is 9.59 Å². The molecule has 0 radical (unpaired) electrons. The number of thiophene rings is 1. The van der Waals surface area contributed by atoms with Crippen molar-refractivity contribution < 1.29 is 19.1 Å².